The number of aryl methyl sites for hydroxylation is 1. The first-order chi connectivity index (χ1) is 11.2. The van der Waals surface area contributed by atoms with E-state index in [4.69, 9.17) is 15.9 Å². The van der Waals surface area contributed by atoms with Gasteiger partial charge in [0.25, 0.3) is 0 Å². The van der Waals surface area contributed by atoms with Crippen LogP contribution in [0.3, 0.4) is 0 Å². The van der Waals surface area contributed by atoms with Crippen molar-refractivity contribution >= 4 is 11.8 Å². The van der Waals surface area contributed by atoms with E-state index in [2.05, 4.69) is 5.92 Å². The number of amides is 1. The molecule has 0 fully saturated rings. The third kappa shape index (κ3) is 4.27. The first-order valence-electron chi connectivity index (χ1n) is 7.22. The Morgan fingerprint density at radius 1 is 1.17 bits per heavy atom. The van der Waals surface area contributed by atoms with Gasteiger partial charge in [0, 0.05) is 5.56 Å². The predicted octanol–water partition coefficient (Wildman–Crippen LogP) is 3.78. The molecule has 0 bridgehead atoms. The maximum absolute atomic E-state index is 11.9. The van der Waals surface area contributed by atoms with Gasteiger partial charge in [0.2, 0.25) is 0 Å². The van der Waals surface area contributed by atoms with Crippen LogP contribution >= 0.6 is 0 Å². The van der Waals surface area contributed by atoms with Crippen molar-refractivity contribution in [2.75, 3.05) is 18.6 Å². The number of carbonyl (C=O) groups is 1. The molecule has 0 unspecified atom stereocenters. The van der Waals surface area contributed by atoms with Crippen LogP contribution in [0, 0.1) is 19.3 Å². The summed E-state index contributed by atoms with van der Waals surface area (Å²) in [6.45, 7) is 2.48. The van der Waals surface area contributed by atoms with Crippen LogP contribution in [0.5, 0.6) is 5.75 Å². The van der Waals surface area contributed by atoms with Crippen LogP contribution in [-0.2, 0) is 11.3 Å². The molecule has 23 heavy (non-hydrogen) atoms. The van der Waals surface area contributed by atoms with E-state index in [1.54, 1.807) is 0 Å². The molecule has 0 saturated carbocycles. The van der Waals surface area contributed by atoms with Crippen LogP contribution in [0.1, 0.15) is 11.1 Å². The molecule has 0 saturated heterocycles. The molecule has 0 aliphatic rings. The van der Waals surface area contributed by atoms with Gasteiger partial charge in [-0.05, 0) is 25.1 Å². The van der Waals surface area contributed by atoms with Gasteiger partial charge in [-0.25, -0.2) is 4.79 Å². The topological polar surface area (TPSA) is 38.8 Å². The molecule has 4 nitrogen and oxygen atoms in total. The minimum absolute atomic E-state index is 0.133. The number of hydrogen-bond donors (Lipinski definition) is 0. The average Bonchev–Trinajstić information content (AvgIpc) is 2.59. The van der Waals surface area contributed by atoms with Crippen LogP contribution < -0.4 is 9.64 Å². The van der Waals surface area contributed by atoms with E-state index >= 15 is 0 Å². The van der Waals surface area contributed by atoms with Crippen molar-refractivity contribution in [1.82, 2.24) is 0 Å². The molecule has 0 radical (unpaired) electrons. The summed E-state index contributed by atoms with van der Waals surface area (Å²) in [5.74, 6) is 3.24. The van der Waals surface area contributed by atoms with E-state index in [0.717, 1.165) is 11.3 Å². The summed E-state index contributed by atoms with van der Waals surface area (Å²) >= 11 is 0. The summed E-state index contributed by atoms with van der Waals surface area (Å²) in [5, 5.41) is 0. The predicted molar refractivity (Wildman–Crippen MR) is 90.5 cm³/mol. The van der Waals surface area contributed by atoms with Crippen LogP contribution in [0.25, 0.3) is 0 Å². The first-order valence-corrected chi connectivity index (χ1v) is 7.22. The van der Waals surface area contributed by atoms with Crippen LogP contribution in [0.4, 0.5) is 10.5 Å². The number of benzene rings is 2. The molecule has 2 aromatic rings. The Kier molecular flexibility index (Phi) is 5.65. The number of ether oxygens (including phenoxy) is 2. The molecular weight excluding hydrogens is 290 g/mol. The normalized spacial score (nSPS) is 9.78. The first kappa shape index (κ1) is 16.4. The largest absolute Gasteiger partial charge is 0.489 e. The van der Waals surface area contributed by atoms with Crippen LogP contribution in [0.2, 0.25) is 0 Å². The van der Waals surface area contributed by atoms with Gasteiger partial charge in [0.15, 0.2) is 0 Å². The number of anilines is 1. The molecule has 118 valence electrons. The summed E-state index contributed by atoms with van der Waals surface area (Å²) < 4.78 is 10.6. The molecule has 4 heteroatoms. The lowest BCUT2D eigenvalue weighted by Gasteiger charge is -2.22. The minimum atomic E-state index is -0.495. The Labute approximate surface area is 136 Å². The van der Waals surface area contributed by atoms with Crippen molar-refractivity contribution in [1.29, 1.82) is 0 Å². The second-order valence-electron chi connectivity index (χ2n) is 4.99. The number of terminal acetylenes is 1. The molecule has 0 spiro atoms. The van der Waals surface area contributed by atoms with Gasteiger partial charge in [-0.2, -0.15) is 0 Å². The van der Waals surface area contributed by atoms with Crippen molar-refractivity contribution < 1.29 is 14.3 Å². The number of hydrogen-bond acceptors (Lipinski definition) is 3. The Morgan fingerprint density at radius 3 is 2.52 bits per heavy atom. The Balaban J connectivity index is 2.20. The monoisotopic (exact) mass is 309 g/mol. The van der Waals surface area contributed by atoms with Crippen molar-refractivity contribution in [2.24, 2.45) is 0 Å². The van der Waals surface area contributed by atoms with Crippen LogP contribution in [-0.4, -0.2) is 19.7 Å². The van der Waals surface area contributed by atoms with Gasteiger partial charge in [-0.3, -0.25) is 4.90 Å². The molecule has 0 aliphatic heterocycles. The van der Waals surface area contributed by atoms with Crippen molar-refractivity contribution in [2.45, 2.75) is 13.5 Å². The highest BCUT2D eigenvalue weighted by atomic mass is 16.5. The second-order valence-corrected chi connectivity index (χ2v) is 4.99. The lowest BCUT2D eigenvalue weighted by atomic mass is 10.1. The quantitative estimate of drug-likeness (QED) is 0.789. The van der Waals surface area contributed by atoms with Crippen LogP contribution in [0.15, 0.2) is 48.5 Å². The van der Waals surface area contributed by atoms with Crippen molar-refractivity contribution in [3.8, 4) is 18.1 Å². The average molecular weight is 309 g/mol. The second kappa shape index (κ2) is 7.90. The highest BCUT2D eigenvalue weighted by Crippen LogP contribution is 2.23. The summed E-state index contributed by atoms with van der Waals surface area (Å²) in [7, 11) is 1.33. The van der Waals surface area contributed by atoms with Gasteiger partial charge in [-0.1, -0.05) is 41.8 Å². The lowest BCUT2D eigenvalue weighted by molar-refractivity contribution is 0.179. The van der Waals surface area contributed by atoms with E-state index in [1.807, 2.05) is 55.5 Å². The lowest BCUT2D eigenvalue weighted by Crippen LogP contribution is -2.32. The smallest absolute Gasteiger partial charge is 0.414 e. The fourth-order valence-corrected chi connectivity index (χ4v) is 2.14. The third-order valence-corrected chi connectivity index (χ3v) is 3.34. The highest BCUT2D eigenvalue weighted by Gasteiger charge is 2.18. The molecule has 0 N–H and O–H groups in total. The Morgan fingerprint density at radius 2 is 1.87 bits per heavy atom. The molecule has 0 aliphatic carbocycles. The number of carbonyl (C=O) groups excluding carboxylic acids is 1. The zero-order valence-corrected chi connectivity index (χ0v) is 13.3. The van der Waals surface area contributed by atoms with Crippen molar-refractivity contribution in [3.05, 3.63) is 59.7 Å². The fourth-order valence-electron chi connectivity index (χ4n) is 2.14. The highest BCUT2D eigenvalue weighted by molar-refractivity contribution is 5.89. The molecule has 2 aromatic carbocycles. The van der Waals surface area contributed by atoms with Gasteiger partial charge < -0.3 is 9.47 Å². The SMILES string of the molecule is C#CCN(C(=O)OC)c1ccccc1COc1ccc(C)cc1. The number of nitrogens with zero attached hydrogens (tertiary/aromatic N) is 1. The standard InChI is InChI=1S/C19H19NO3/c1-4-13-20(19(21)22-3)18-8-6-5-7-16(18)14-23-17-11-9-15(2)10-12-17/h1,5-12H,13-14H2,2-3H3. The van der Waals surface area contributed by atoms with E-state index in [-0.39, 0.29) is 6.54 Å². The van der Waals surface area contributed by atoms with E-state index in [0.29, 0.717) is 12.3 Å². The Hall–Kier alpha value is -2.93. The van der Waals surface area contributed by atoms with Gasteiger partial charge in [-0.15, -0.1) is 6.42 Å². The van der Waals surface area contributed by atoms with E-state index in [1.165, 1.54) is 17.6 Å². The molecule has 1 amide bonds. The third-order valence-electron chi connectivity index (χ3n) is 3.34. The summed E-state index contributed by atoms with van der Waals surface area (Å²) in [5.41, 5.74) is 2.71. The maximum Gasteiger partial charge on any atom is 0.414 e. The molecular formula is C19H19NO3. The molecule has 0 heterocycles. The molecule has 0 atom stereocenters. The van der Waals surface area contributed by atoms with Gasteiger partial charge >= 0.3 is 6.09 Å². The summed E-state index contributed by atoms with van der Waals surface area (Å²) in [6, 6.07) is 15.3. The number of methoxy groups -OCH3 is 1. The minimum Gasteiger partial charge on any atom is -0.489 e. The van der Waals surface area contributed by atoms with Gasteiger partial charge in [0.1, 0.15) is 12.4 Å². The number of para-hydroxylation sites is 1. The summed E-state index contributed by atoms with van der Waals surface area (Å²) in [6.07, 6.45) is 4.86. The summed E-state index contributed by atoms with van der Waals surface area (Å²) in [4.78, 5) is 13.3. The molecule has 0 aromatic heterocycles. The fraction of sp³-hybridized carbons (Fsp3) is 0.211. The van der Waals surface area contributed by atoms with Crippen molar-refractivity contribution in [3.63, 3.8) is 0 Å². The zero-order chi connectivity index (χ0) is 16.7. The van der Waals surface area contributed by atoms with E-state index < -0.39 is 6.09 Å². The zero-order valence-electron chi connectivity index (χ0n) is 13.3. The van der Waals surface area contributed by atoms with Gasteiger partial charge in [0.05, 0.1) is 19.3 Å². The molecule has 2 rings (SSSR count). The number of rotatable bonds is 5. The van der Waals surface area contributed by atoms with E-state index in [9.17, 15) is 4.79 Å². The Bertz CT molecular complexity index is 701. The maximum atomic E-state index is 11.9.